The summed E-state index contributed by atoms with van der Waals surface area (Å²) in [4.78, 5) is 51.7. The third-order valence-corrected chi connectivity index (χ3v) is 5.64. The minimum atomic E-state index is -0.627. The molecule has 1 heterocycles. The molecule has 3 aromatic carbocycles. The number of nitrogens with zero attached hydrogens (tertiary/aromatic N) is 2. The number of benzene rings is 3. The molecule has 35 heavy (non-hydrogen) atoms. The molecule has 0 aliphatic heterocycles. The van der Waals surface area contributed by atoms with Gasteiger partial charge in [-0.15, -0.1) is 0 Å². The van der Waals surface area contributed by atoms with Gasteiger partial charge >= 0.3 is 11.7 Å². The van der Waals surface area contributed by atoms with E-state index in [2.05, 4.69) is 5.32 Å². The number of amides is 1. The summed E-state index contributed by atoms with van der Waals surface area (Å²) in [6, 6.07) is 19.9. The first-order valence-corrected chi connectivity index (χ1v) is 11.3. The quantitative estimate of drug-likeness (QED) is 0.397. The van der Waals surface area contributed by atoms with Gasteiger partial charge in [-0.1, -0.05) is 48.0 Å². The van der Waals surface area contributed by atoms with Crippen LogP contribution in [0.4, 0.5) is 5.69 Å². The van der Waals surface area contributed by atoms with Gasteiger partial charge in [0.25, 0.3) is 5.56 Å². The Balaban J connectivity index is 1.71. The van der Waals surface area contributed by atoms with Crippen molar-refractivity contribution in [2.24, 2.45) is 0 Å². The lowest BCUT2D eigenvalue weighted by Gasteiger charge is -2.15. The molecule has 4 rings (SSSR count). The summed E-state index contributed by atoms with van der Waals surface area (Å²) in [5, 5.41) is 3.52. The minimum Gasteiger partial charge on any atom is -0.462 e. The summed E-state index contributed by atoms with van der Waals surface area (Å²) in [5.74, 6) is -1.10. The third-order valence-electron chi connectivity index (χ3n) is 5.38. The highest BCUT2D eigenvalue weighted by Crippen LogP contribution is 2.17. The van der Waals surface area contributed by atoms with Crippen molar-refractivity contribution in [3.8, 4) is 0 Å². The molecule has 0 atom stereocenters. The van der Waals surface area contributed by atoms with E-state index >= 15 is 0 Å². The average molecular weight is 492 g/mol. The Morgan fingerprint density at radius 2 is 1.60 bits per heavy atom. The number of aromatic nitrogens is 2. The molecule has 0 saturated heterocycles. The predicted molar refractivity (Wildman–Crippen MR) is 134 cm³/mol. The first-order chi connectivity index (χ1) is 16.9. The number of esters is 1. The van der Waals surface area contributed by atoms with E-state index in [4.69, 9.17) is 16.3 Å². The standard InChI is InChI=1S/C26H22ClN3O5/c1-2-35-25(33)19-7-3-5-9-21(19)28-23(31)16-29-22-10-6-4-8-20(22)24(32)30(26(29)34)15-17-11-13-18(27)14-12-17/h3-14H,2,15-16H2,1H3,(H,28,31). The van der Waals surface area contributed by atoms with E-state index < -0.39 is 23.1 Å². The lowest BCUT2D eigenvalue weighted by Crippen LogP contribution is -2.42. The van der Waals surface area contributed by atoms with Crippen molar-refractivity contribution in [1.29, 1.82) is 0 Å². The van der Waals surface area contributed by atoms with E-state index in [0.29, 0.717) is 21.5 Å². The van der Waals surface area contributed by atoms with E-state index in [0.717, 1.165) is 4.57 Å². The Bertz CT molecular complexity index is 1520. The topological polar surface area (TPSA) is 99.4 Å². The fourth-order valence-corrected chi connectivity index (χ4v) is 3.87. The first-order valence-electron chi connectivity index (χ1n) is 10.9. The highest BCUT2D eigenvalue weighted by atomic mass is 35.5. The Kier molecular flexibility index (Phi) is 7.12. The molecule has 1 amide bonds. The largest absolute Gasteiger partial charge is 0.462 e. The van der Waals surface area contributed by atoms with E-state index in [9.17, 15) is 19.2 Å². The zero-order valence-corrected chi connectivity index (χ0v) is 19.6. The van der Waals surface area contributed by atoms with Crippen molar-refractivity contribution < 1.29 is 14.3 Å². The lowest BCUT2D eigenvalue weighted by molar-refractivity contribution is -0.116. The van der Waals surface area contributed by atoms with Gasteiger partial charge in [0.05, 0.1) is 35.3 Å². The maximum absolute atomic E-state index is 13.4. The predicted octanol–water partition coefficient (Wildman–Crippen LogP) is 3.68. The molecule has 0 radical (unpaired) electrons. The number of para-hydroxylation sites is 2. The number of halogens is 1. The molecular weight excluding hydrogens is 470 g/mol. The Morgan fingerprint density at radius 1 is 0.914 bits per heavy atom. The summed E-state index contributed by atoms with van der Waals surface area (Å²) in [6.45, 7) is 1.54. The molecule has 1 aromatic heterocycles. The summed E-state index contributed by atoms with van der Waals surface area (Å²) < 4.78 is 7.38. The molecule has 0 aliphatic rings. The van der Waals surface area contributed by atoms with Crippen LogP contribution in [-0.4, -0.2) is 27.6 Å². The van der Waals surface area contributed by atoms with Gasteiger partial charge in [-0.3, -0.25) is 18.7 Å². The second kappa shape index (κ2) is 10.4. The van der Waals surface area contributed by atoms with Gasteiger partial charge in [0.2, 0.25) is 5.91 Å². The van der Waals surface area contributed by atoms with Crippen molar-refractivity contribution in [2.45, 2.75) is 20.0 Å². The van der Waals surface area contributed by atoms with Crippen LogP contribution in [0.3, 0.4) is 0 Å². The smallest absolute Gasteiger partial charge is 0.340 e. The van der Waals surface area contributed by atoms with Gasteiger partial charge in [0.15, 0.2) is 0 Å². The van der Waals surface area contributed by atoms with Crippen LogP contribution >= 0.6 is 11.6 Å². The number of fused-ring (bicyclic) bond motifs is 1. The van der Waals surface area contributed by atoms with Crippen LogP contribution in [0, 0.1) is 0 Å². The maximum atomic E-state index is 13.4. The molecule has 4 aromatic rings. The summed E-state index contributed by atoms with van der Waals surface area (Å²) in [7, 11) is 0. The fraction of sp³-hybridized carbons (Fsp3) is 0.154. The molecule has 0 unspecified atom stereocenters. The molecule has 178 valence electrons. The average Bonchev–Trinajstić information content (AvgIpc) is 2.86. The molecule has 0 fully saturated rings. The molecule has 0 spiro atoms. The first kappa shape index (κ1) is 24.0. The van der Waals surface area contributed by atoms with Crippen LogP contribution in [0.25, 0.3) is 10.9 Å². The number of anilines is 1. The van der Waals surface area contributed by atoms with E-state index in [1.165, 1.54) is 4.57 Å². The summed E-state index contributed by atoms with van der Waals surface area (Å²) in [6.07, 6.45) is 0. The van der Waals surface area contributed by atoms with Gasteiger partial charge in [0, 0.05) is 5.02 Å². The van der Waals surface area contributed by atoms with Crippen LogP contribution in [0.15, 0.2) is 82.4 Å². The third kappa shape index (κ3) is 5.17. The lowest BCUT2D eigenvalue weighted by atomic mass is 10.1. The highest BCUT2D eigenvalue weighted by molar-refractivity contribution is 6.30. The SMILES string of the molecule is CCOC(=O)c1ccccc1NC(=O)Cn1c(=O)n(Cc2ccc(Cl)cc2)c(=O)c2ccccc21. The molecule has 0 aliphatic carbocycles. The Morgan fingerprint density at radius 3 is 2.34 bits per heavy atom. The highest BCUT2D eigenvalue weighted by Gasteiger charge is 2.18. The number of rotatable bonds is 7. The molecule has 8 nitrogen and oxygen atoms in total. The monoisotopic (exact) mass is 491 g/mol. The van der Waals surface area contributed by atoms with Gasteiger partial charge in [-0.2, -0.15) is 0 Å². The van der Waals surface area contributed by atoms with E-state index in [-0.39, 0.29) is 30.9 Å². The fourth-order valence-electron chi connectivity index (χ4n) is 3.75. The van der Waals surface area contributed by atoms with Gasteiger partial charge in [-0.25, -0.2) is 9.59 Å². The van der Waals surface area contributed by atoms with Crippen LogP contribution in [0.2, 0.25) is 5.02 Å². The zero-order chi connectivity index (χ0) is 24.9. The molecule has 0 saturated carbocycles. The minimum absolute atomic E-state index is 0.0208. The van der Waals surface area contributed by atoms with Crippen molar-refractivity contribution >= 4 is 40.1 Å². The maximum Gasteiger partial charge on any atom is 0.340 e. The Hall–Kier alpha value is -4.17. The number of carbonyl (C=O) groups is 2. The molecular formula is C26H22ClN3O5. The Labute approximate surface area is 205 Å². The van der Waals surface area contributed by atoms with Crippen molar-refractivity contribution in [3.05, 3.63) is 110 Å². The van der Waals surface area contributed by atoms with Gasteiger partial charge in [0.1, 0.15) is 6.54 Å². The van der Waals surface area contributed by atoms with Crippen LogP contribution in [-0.2, 0) is 22.6 Å². The van der Waals surface area contributed by atoms with Crippen LogP contribution in [0.5, 0.6) is 0 Å². The number of ether oxygens (including phenoxy) is 1. The number of hydrogen-bond acceptors (Lipinski definition) is 5. The summed E-state index contributed by atoms with van der Waals surface area (Å²) >= 11 is 5.94. The van der Waals surface area contributed by atoms with Gasteiger partial charge < -0.3 is 10.1 Å². The number of carbonyl (C=O) groups excluding carboxylic acids is 2. The summed E-state index contributed by atoms with van der Waals surface area (Å²) in [5.41, 5.74) is 0.435. The van der Waals surface area contributed by atoms with Crippen LogP contribution < -0.4 is 16.6 Å². The molecule has 9 heteroatoms. The number of hydrogen-bond donors (Lipinski definition) is 1. The normalized spacial score (nSPS) is 10.8. The molecule has 1 N–H and O–H groups in total. The zero-order valence-electron chi connectivity index (χ0n) is 18.9. The van der Waals surface area contributed by atoms with Crippen molar-refractivity contribution in [1.82, 2.24) is 9.13 Å². The second-order valence-corrected chi connectivity index (χ2v) is 8.15. The van der Waals surface area contributed by atoms with E-state index in [1.54, 1.807) is 79.7 Å². The number of nitrogens with one attached hydrogen (secondary N) is 1. The second-order valence-electron chi connectivity index (χ2n) is 7.72. The van der Waals surface area contributed by atoms with Crippen LogP contribution in [0.1, 0.15) is 22.8 Å². The van der Waals surface area contributed by atoms with Crippen molar-refractivity contribution in [3.63, 3.8) is 0 Å². The van der Waals surface area contributed by atoms with E-state index in [1.807, 2.05) is 0 Å². The van der Waals surface area contributed by atoms with Crippen molar-refractivity contribution in [2.75, 3.05) is 11.9 Å². The van der Waals surface area contributed by atoms with Gasteiger partial charge in [-0.05, 0) is 48.9 Å². The molecule has 0 bridgehead atoms.